The average molecular weight is 382 g/mol. The van der Waals surface area contributed by atoms with Gasteiger partial charge in [-0.15, -0.1) is 0 Å². The minimum atomic E-state index is -0.329. The van der Waals surface area contributed by atoms with Crippen molar-refractivity contribution in [2.75, 3.05) is 6.61 Å². The highest BCUT2D eigenvalue weighted by Crippen LogP contribution is 2.13. The van der Waals surface area contributed by atoms with Gasteiger partial charge in [0.05, 0.1) is 6.61 Å². The zero-order valence-electron chi connectivity index (χ0n) is 17.4. The van der Waals surface area contributed by atoms with Crippen LogP contribution in [0.2, 0.25) is 0 Å². The van der Waals surface area contributed by atoms with E-state index in [1.807, 2.05) is 12.2 Å². The summed E-state index contributed by atoms with van der Waals surface area (Å²) in [6.07, 6.45) is 20.4. The van der Waals surface area contributed by atoms with Crippen molar-refractivity contribution >= 4 is 17.8 Å². The molecule has 0 aromatic rings. The quantitative estimate of drug-likeness (QED) is 0.239. The molecule has 0 saturated heterocycles. The number of carbonyl (C=O) groups excluding carboxylic acids is 3. The fraction of sp³-hybridized carbons (Fsp3) is 0.773. The highest BCUT2D eigenvalue weighted by Gasteiger charge is 2.06. The van der Waals surface area contributed by atoms with Gasteiger partial charge in [-0.05, 0) is 13.3 Å². The van der Waals surface area contributed by atoms with Gasteiger partial charge in [-0.3, -0.25) is 19.7 Å². The van der Waals surface area contributed by atoms with E-state index in [9.17, 15) is 14.4 Å². The van der Waals surface area contributed by atoms with E-state index in [2.05, 4.69) is 6.92 Å². The first kappa shape index (κ1) is 25.4. The van der Waals surface area contributed by atoms with Crippen LogP contribution >= 0.6 is 0 Å². The first-order chi connectivity index (χ1) is 13.1. The van der Waals surface area contributed by atoms with Gasteiger partial charge in [0.15, 0.2) is 0 Å². The van der Waals surface area contributed by atoms with Crippen LogP contribution in [0.5, 0.6) is 0 Å². The van der Waals surface area contributed by atoms with Crippen LogP contribution in [0, 0.1) is 0 Å². The molecule has 1 rings (SSSR count). The molecule has 0 fully saturated rings. The molecule has 1 aliphatic rings. The molecule has 2 amide bonds. The van der Waals surface area contributed by atoms with Crippen molar-refractivity contribution < 1.29 is 19.1 Å². The fourth-order valence-electron chi connectivity index (χ4n) is 2.88. The smallest absolute Gasteiger partial charge is 0.305 e. The average Bonchev–Trinajstić information content (AvgIpc) is 3.02. The van der Waals surface area contributed by atoms with Crippen LogP contribution < -0.4 is 5.32 Å². The summed E-state index contributed by atoms with van der Waals surface area (Å²) in [5, 5.41) is 2.03. The number of rotatable bonds is 15. The first-order valence-corrected chi connectivity index (χ1v) is 10.8. The van der Waals surface area contributed by atoms with Crippen LogP contribution in [0.4, 0.5) is 0 Å². The Morgan fingerprint density at radius 2 is 1.15 bits per heavy atom. The molecule has 0 aromatic heterocycles. The third-order valence-corrected chi connectivity index (χ3v) is 4.42. The fourth-order valence-corrected chi connectivity index (χ4v) is 2.88. The molecule has 1 N–H and O–H groups in total. The summed E-state index contributed by atoms with van der Waals surface area (Å²) in [5.74, 6) is -0.689. The van der Waals surface area contributed by atoms with Gasteiger partial charge in [0, 0.05) is 18.6 Å². The largest absolute Gasteiger partial charge is 0.466 e. The number of unbranched alkanes of at least 4 members (excludes halogenated alkanes) is 12. The van der Waals surface area contributed by atoms with Crippen LogP contribution in [0.3, 0.4) is 0 Å². The van der Waals surface area contributed by atoms with Gasteiger partial charge in [-0.25, -0.2) is 0 Å². The van der Waals surface area contributed by atoms with E-state index in [0.29, 0.717) is 13.0 Å². The van der Waals surface area contributed by atoms with Crippen molar-refractivity contribution in [1.29, 1.82) is 0 Å². The van der Waals surface area contributed by atoms with Gasteiger partial charge in [0.25, 0.3) is 11.8 Å². The van der Waals surface area contributed by atoms with Gasteiger partial charge in [-0.2, -0.15) is 0 Å². The van der Waals surface area contributed by atoms with Crippen molar-refractivity contribution in [2.24, 2.45) is 0 Å². The Hall–Kier alpha value is -1.65. The molecule has 5 nitrogen and oxygen atoms in total. The maximum Gasteiger partial charge on any atom is 0.305 e. The number of imide groups is 1. The lowest BCUT2D eigenvalue weighted by Gasteiger charge is -2.03. The van der Waals surface area contributed by atoms with E-state index < -0.39 is 0 Å². The van der Waals surface area contributed by atoms with Crippen LogP contribution in [0.15, 0.2) is 12.2 Å². The molecule has 0 aromatic carbocycles. The summed E-state index contributed by atoms with van der Waals surface area (Å²) in [6, 6.07) is 0. The lowest BCUT2D eigenvalue weighted by molar-refractivity contribution is -0.143. The molecular weight excluding hydrogens is 342 g/mol. The highest BCUT2D eigenvalue weighted by molar-refractivity contribution is 6.12. The third-order valence-electron chi connectivity index (χ3n) is 4.42. The molecule has 0 radical (unpaired) electrons. The summed E-state index contributed by atoms with van der Waals surface area (Å²) in [6.45, 7) is 4.64. The normalized spacial score (nSPS) is 12.5. The predicted molar refractivity (Wildman–Crippen MR) is 109 cm³/mol. The number of amides is 2. The van der Waals surface area contributed by atoms with Gasteiger partial charge in [0.2, 0.25) is 0 Å². The third kappa shape index (κ3) is 18.9. The monoisotopic (exact) mass is 381 g/mol. The molecule has 0 aliphatic carbocycles. The molecule has 0 atom stereocenters. The zero-order valence-corrected chi connectivity index (χ0v) is 17.4. The number of hydrogen-bond donors (Lipinski definition) is 1. The Morgan fingerprint density at radius 3 is 1.48 bits per heavy atom. The molecule has 0 saturated carbocycles. The molecule has 1 heterocycles. The van der Waals surface area contributed by atoms with Crippen molar-refractivity contribution in [3.63, 3.8) is 0 Å². The topological polar surface area (TPSA) is 72.5 Å². The Balaban J connectivity index is 0.000000797. The standard InChI is InChI=1S/C18H36O2.C4H3NO2/c1-3-5-6-7-8-9-10-11-12-13-14-15-16-17-18(19)20-4-2;6-3-1-2-4(7)5-3/h3-17H2,1-2H3;1-2H,(H,5,6,7). The van der Waals surface area contributed by atoms with Crippen molar-refractivity contribution in [2.45, 2.75) is 104 Å². The Labute approximate surface area is 165 Å². The van der Waals surface area contributed by atoms with Crippen LogP contribution in [0.25, 0.3) is 0 Å². The SMILES string of the molecule is CCCCCCCCCCCCCCCC(=O)OCC.O=C1C=CC(=O)N1. The Bertz CT molecular complexity index is 416. The summed E-state index contributed by atoms with van der Waals surface area (Å²) in [7, 11) is 0. The Morgan fingerprint density at radius 1 is 0.741 bits per heavy atom. The molecule has 5 heteroatoms. The lowest BCUT2D eigenvalue weighted by Crippen LogP contribution is -2.19. The molecule has 156 valence electrons. The second kappa shape index (κ2) is 19.1. The van der Waals surface area contributed by atoms with Crippen LogP contribution in [-0.4, -0.2) is 24.4 Å². The van der Waals surface area contributed by atoms with Crippen molar-refractivity contribution in [3.05, 3.63) is 12.2 Å². The molecule has 0 unspecified atom stereocenters. The number of ether oxygens (including phenoxy) is 1. The second-order valence-electron chi connectivity index (χ2n) is 6.98. The Kier molecular flexibility index (Phi) is 18.0. The summed E-state index contributed by atoms with van der Waals surface area (Å²) >= 11 is 0. The van der Waals surface area contributed by atoms with E-state index in [0.717, 1.165) is 6.42 Å². The highest BCUT2D eigenvalue weighted by atomic mass is 16.5. The predicted octanol–water partition coefficient (Wildman–Crippen LogP) is 5.23. The van der Waals surface area contributed by atoms with E-state index >= 15 is 0 Å². The minimum Gasteiger partial charge on any atom is -0.466 e. The minimum absolute atomic E-state index is 0.0319. The van der Waals surface area contributed by atoms with Crippen LogP contribution in [0.1, 0.15) is 104 Å². The maximum atomic E-state index is 11.1. The lowest BCUT2D eigenvalue weighted by atomic mass is 10.0. The van der Waals surface area contributed by atoms with E-state index in [1.165, 1.54) is 89.2 Å². The number of hydrogen-bond acceptors (Lipinski definition) is 4. The van der Waals surface area contributed by atoms with Crippen LogP contribution in [-0.2, 0) is 19.1 Å². The molecule has 0 bridgehead atoms. The van der Waals surface area contributed by atoms with Crippen molar-refractivity contribution in [1.82, 2.24) is 5.32 Å². The molecule has 0 spiro atoms. The second-order valence-corrected chi connectivity index (χ2v) is 6.98. The molecular formula is C22H39NO4. The van der Waals surface area contributed by atoms with Gasteiger partial charge in [-0.1, -0.05) is 84.0 Å². The number of nitrogens with one attached hydrogen (secondary N) is 1. The maximum absolute atomic E-state index is 11.1. The van der Waals surface area contributed by atoms with E-state index in [-0.39, 0.29) is 17.8 Å². The van der Waals surface area contributed by atoms with Crippen molar-refractivity contribution in [3.8, 4) is 0 Å². The molecule has 27 heavy (non-hydrogen) atoms. The van der Waals surface area contributed by atoms with E-state index in [4.69, 9.17) is 4.74 Å². The van der Waals surface area contributed by atoms with Gasteiger partial charge >= 0.3 is 5.97 Å². The summed E-state index contributed by atoms with van der Waals surface area (Å²) in [5.41, 5.74) is 0. The number of esters is 1. The number of carbonyl (C=O) groups is 3. The molecule has 1 aliphatic heterocycles. The van der Waals surface area contributed by atoms with E-state index in [1.54, 1.807) is 0 Å². The summed E-state index contributed by atoms with van der Waals surface area (Å²) in [4.78, 5) is 31.2. The zero-order chi connectivity index (χ0) is 20.2. The van der Waals surface area contributed by atoms with Gasteiger partial charge < -0.3 is 4.74 Å². The first-order valence-electron chi connectivity index (χ1n) is 10.8. The van der Waals surface area contributed by atoms with Gasteiger partial charge in [0.1, 0.15) is 0 Å². The summed E-state index contributed by atoms with van der Waals surface area (Å²) < 4.78 is 4.91.